The molecule has 1 saturated heterocycles. The van der Waals surface area contributed by atoms with Gasteiger partial charge in [0.25, 0.3) is 0 Å². The van der Waals surface area contributed by atoms with E-state index in [1.165, 1.54) is 6.26 Å². The molecule has 1 aliphatic rings. The molecule has 0 saturated carbocycles. The fourth-order valence-electron chi connectivity index (χ4n) is 3.17. The number of nitrogens with one attached hydrogen (secondary N) is 1. The highest BCUT2D eigenvalue weighted by Crippen LogP contribution is 2.19. The lowest BCUT2D eigenvalue weighted by atomic mass is 9.95. The van der Waals surface area contributed by atoms with Crippen LogP contribution in [0.1, 0.15) is 18.4 Å². The highest BCUT2D eigenvalue weighted by atomic mass is 32.2. The van der Waals surface area contributed by atoms with Gasteiger partial charge in [-0.1, -0.05) is 30.3 Å². The number of likely N-dealkylation sites (tertiary alicyclic amines) is 1. The molecule has 1 fully saturated rings. The van der Waals surface area contributed by atoms with E-state index < -0.39 is 10.0 Å². The summed E-state index contributed by atoms with van der Waals surface area (Å²) >= 11 is 0. The average molecular weight is 368 g/mol. The van der Waals surface area contributed by atoms with Crippen molar-refractivity contribution in [3.63, 3.8) is 0 Å². The van der Waals surface area contributed by atoms with E-state index in [-0.39, 0.29) is 11.9 Å². The Kier molecular flexibility index (Phi) is 6.98. The number of amides is 1. The van der Waals surface area contributed by atoms with Crippen LogP contribution in [0.2, 0.25) is 0 Å². The number of nitrogens with zero attached hydrogens (tertiary/aromatic N) is 2. The van der Waals surface area contributed by atoms with Gasteiger partial charge < -0.3 is 4.90 Å². The normalized spacial score (nSPS) is 17.7. The molecular weight excluding hydrogens is 338 g/mol. The van der Waals surface area contributed by atoms with Crippen molar-refractivity contribution in [3.05, 3.63) is 35.9 Å². The number of hydrogen-bond donors (Lipinski definition) is 1. The monoisotopic (exact) mass is 367 g/mol. The van der Waals surface area contributed by atoms with Gasteiger partial charge in [-0.15, -0.1) is 0 Å². The van der Waals surface area contributed by atoms with E-state index in [4.69, 9.17) is 0 Å². The number of hydrogen-bond acceptors (Lipinski definition) is 4. The molecule has 0 spiro atoms. The number of likely N-dealkylation sites (N-methyl/N-ethyl adjacent to an activating group) is 1. The standard InChI is InChI=1S/C18H29N3O3S/c1-20(2)17(13-15-7-5-4-6-8-15)18(22)21-11-9-16(10-12-21)14-19-25(3,23)24/h4-8,16-17,19H,9-14H2,1-3H3. The van der Waals surface area contributed by atoms with Gasteiger partial charge in [-0.05, 0) is 44.8 Å². The maximum Gasteiger partial charge on any atom is 0.240 e. The molecule has 1 N–H and O–H groups in total. The SMILES string of the molecule is CN(C)C(Cc1ccccc1)C(=O)N1CCC(CNS(C)(=O)=O)CC1. The Morgan fingerprint density at radius 3 is 2.36 bits per heavy atom. The zero-order valence-electron chi connectivity index (χ0n) is 15.3. The van der Waals surface area contributed by atoms with Crippen molar-refractivity contribution in [3.8, 4) is 0 Å². The Morgan fingerprint density at radius 1 is 1.24 bits per heavy atom. The molecule has 1 atom stereocenters. The van der Waals surface area contributed by atoms with Gasteiger partial charge in [0.2, 0.25) is 15.9 Å². The number of carbonyl (C=O) groups excluding carboxylic acids is 1. The molecule has 2 rings (SSSR count). The van der Waals surface area contributed by atoms with Crippen LogP contribution in [0, 0.1) is 5.92 Å². The number of carbonyl (C=O) groups is 1. The summed E-state index contributed by atoms with van der Waals surface area (Å²) in [5.74, 6) is 0.453. The first kappa shape index (κ1) is 19.9. The van der Waals surface area contributed by atoms with Gasteiger partial charge in [-0.2, -0.15) is 0 Å². The molecule has 1 aromatic rings. The Bertz CT molecular complexity index is 653. The van der Waals surface area contributed by atoms with E-state index in [1.807, 2.05) is 54.2 Å². The molecule has 1 aromatic carbocycles. The van der Waals surface area contributed by atoms with Crippen molar-refractivity contribution < 1.29 is 13.2 Å². The molecule has 1 heterocycles. The van der Waals surface area contributed by atoms with E-state index in [0.29, 0.717) is 32.0 Å². The Labute approximate surface area is 151 Å². The van der Waals surface area contributed by atoms with Gasteiger partial charge in [-0.25, -0.2) is 13.1 Å². The van der Waals surface area contributed by atoms with E-state index >= 15 is 0 Å². The molecule has 0 aliphatic carbocycles. The van der Waals surface area contributed by atoms with Gasteiger partial charge in [0.1, 0.15) is 0 Å². The summed E-state index contributed by atoms with van der Waals surface area (Å²) < 4.78 is 25.0. The first-order valence-electron chi connectivity index (χ1n) is 8.70. The minimum atomic E-state index is -3.15. The van der Waals surface area contributed by atoms with Gasteiger partial charge >= 0.3 is 0 Å². The highest BCUT2D eigenvalue weighted by molar-refractivity contribution is 7.88. The molecule has 0 bridgehead atoms. The lowest BCUT2D eigenvalue weighted by Crippen LogP contribution is -2.50. The molecule has 1 aliphatic heterocycles. The van der Waals surface area contributed by atoms with Crippen LogP contribution in [-0.4, -0.2) is 70.2 Å². The molecule has 7 heteroatoms. The minimum Gasteiger partial charge on any atom is -0.341 e. The maximum absolute atomic E-state index is 12.9. The largest absolute Gasteiger partial charge is 0.341 e. The molecule has 0 radical (unpaired) electrons. The van der Waals surface area contributed by atoms with Gasteiger partial charge in [-0.3, -0.25) is 9.69 Å². The summed E-state index contributed by atoms with van der Waals surface area (Å²) in [6.07, 6.45) is 3.54. The van der Waals surface area contributed by atoms with Crippen LogP contribution in [0.3, 0.4) is 0 Å². The molecule has 25 heavy (non-hydrogen) atoms. The van der Waals surface area contributed by atoms with Gasteiger partial charge in [0.05, 0.1) is 12.3 Å². The minimum absolute atomic E-state index is 0.156. The lowest BCUT2D eigenvalue weighted by molar-refractivity contribution is -0.137. The van der Waals surface area contributed by atoms with Crippen LogP contribution in [-0.2, 0) is 21.2 Å². The fourth-order valence-corrected chi connectivity index (χ4v) is 3.70. The second-order valence-corrected chi connectivity index (χ2v) is 8.89. The van der Waals surface area contributed by atoms with E-state index in [9.17, 15) is 13.2 Å². The van der Waals surface area contributed by atoms with Crippen molar-refractivity contribution >= 4 is 15.9 Å². The second-order valence-electron chi connectivity index (χ2n) is 7.06. The second kappa shape index (κ2) is 8.78. The fraction of sp³-hybridized carbons (Fsp3) is 0.611. The third kappa shape index (κ3) is 6.41. The van der Waals surface area contributed by atoms with Crippen LogP contribution >= 0.6 is 0 Å². The number of piperidine rings is 1. The summed E-state index contributed by atoms with van der Waals surface area (Å²) in [6.45, 7) is 1.84. The van der Waals surface area contributed by atoms with Gasteiger partial charge in [0, 0.05) is 19.6 Å². The predicted octanol–water partition coefficient (Wildman–Crippen LogP) is 0.947. The summed E-state index contributed by atoms with van der Waals surface area (Å²) in [5.41, 5.74) is 1.15. The zero-order valence-corrected chi connectivity index (χ0v) is 16.1. The third-order valence-corrected chi connectivity index (χ3v) is 5.43. The predicted molar refractivity (Wildman–Crippen MR) is 99.8 cm³/mol. The van der Waals surface area contributed by atoms with Crippen LogP contribution in [0.4, 0.5) is 0 Å². The van der Waals surface area contributed by atoms with Crippen molar-refractivity contribution in [2.45, 2.75) is 25.3 Å². The lowest BCUT2D eigenvalue weighted by Gasteiger charge is -2.36. The van der Waals surface area contributed by atoms with Crippen LogP contribution < -0.4 is 4.72 Å². The van der Waals surface area contributed by atoms with Crippen LogP contribution in [0.5, 0.6) is 0 Å². The number of rotatable bonds is 7. The first-order chi connectivity index (χ1) is 11.8. The molecule has 1 unspecified atom stereocenters. The Balaban J connectivity index is 1.90. The quantitative estimate of drug-likeness (QED) is 0.779. The summed E-state index contributed by atoms with van der Waals surface area (Å²) in [6, 6.07) is 9.89. The van der Waals surface area contributed by atoms with E-state index in [1.54, 1.807) is 0 Å². The third-order valence-electron chi connectivity index (χ3n) is 4.74. The maximum atomic E-state index is 12.9. The molecule has 0 aromatic heterocycles. The summed E-state index contributed by atoms with van der Waals surface area (Å²) in [7, 11) is 0.728. The van der Waals surface area contributed by atoms with E-state index in [0.717, 1.165) is 18.4 Å². The smallest absolute Gasteiger partial charge is 0.240 e. The molecular formula is C18H29N3O3S. The van der Waals surface area contributed by atoms with Crippen molar-refractivity contribution in [1.29, 1.82) is 0 Å². The van der Waals surface area contributed by atoms with Gasteiger partial charge in [0.15, 0.2) is 0 Å². The average Bonchev–Trinajstić information content (AvgIpc) is 2.58. The van der Waals surface area contributed by atoms with Crippen LogP contribution in [0.25, 0.3) is 0 Å². The summed E-state index contributed by atoms with van der Waals surface area (Å²) in [4.78, 5) is 16.8. The Morgan fingerprint density at radius 2 is 1.84 bits per heavy atom. The zero-order chi connectivity index (χ0) is 18.4. The number of sulfonamides is 1. The number of benzene rings is 1. The van der Waals surface area contributed by atoms with Crippen LogP contribution in [0.15, 0.2) is 30.3 Å². The van der Waals surface area contributed by atoms with Crippen molar-refractivity contribution in [1.82, 2.24) is 14.5 Å². The topological polar surface area (TPSA) is 69.7 Å². The van der Waals surface area contributed by atoms with Crippen molar-refractivity contribution in [2.24, 2.45) is 5.92 Å². The first-order valence-corrected chi connectivity index (χ1v) is 10.6. The van der Waals surface area contributed by atoms with Crippen molar-refractivity contribution in [2.75, 3.05) is 40.0 Å². The highest BCUT2D eigenvalue weighted by Gasteiger charge is 2.29. The summed E-state index contributed by atoms with van der Waals surface area (Å²) in [5, 5.41) is 0. The molecule has 140 valence electrons. The molecule has 6 nitrogen and oxygen atoms in total. The van der Waals surface area contributed by atoms with E-state index in [2.05, 4.69) is 4.72 Å². The molecule has 1 amide bonds. The Hall–Kier alpha value is -1.44.